The zero-order chi connectivity index (χ0) is 14.6. The molecule has 1 aromatic heterocycles. The van der Waals surface area contributed by atoms with E-state index in [9.17, 15) is 14.4 Å². The van der Waals surface area contributed by atoms with Gasteiger partial charge in [-0.3, -0.25) is 9.59 Å². The molecule has 0 fully saturated rings. The summed E-state index contributed by atoms with van der Waals surface area (Å²) in [5.74, 6) is -2.36. The van der Waals surface area contributed by atoms with Gasteiger partial charge in [-0.15, -0.1) is 0 Å². The number of hydrogen-bond acceptors (Lipinski definition) is 4. The number of hydrogen-bond donors (Lipinski definition) is 4. The Morgan fingerprint density at radius 3 is 2.42 bits per heavy atom. The van der Waals surface area contributed by atoms with Crippen LogP contribution in [0.2, 0.25) is 0 Å². The second kappa shape index (κ2) is 5.98. The summed E-state index contributed by atoms with van der Waals surface area (Å²) >= 11 is 0. The highest BCUT2D eigenvalue weighted by atomic mass is 16.4. The number of aromatic nitrogens is 2. The number of H-pyrrole nitrogens is 1. The molecule has 4 N–H and O–H groups in total. The maximum Gasteiger partial charge on any atom is 0.354 e. The van der Waals surface area contributed by atoms with E-state index >= 15 is 0 Å². The highest BCUT2D eigenvalue weighted by Gasteiger charge is 2.23. The van der Waals surface area contributed by atoms with Gasteiger partial charge in [-0.25, -0.2) is 9.78 Å². The number of amides is 2. The Kier molecular flexibility index (Phi) is 4.62. The van der Waals surface area contributed by atoms with E-state index in [-0.39, 0.29) is 23.3 Å². The number of rotatable bonds is 5. The Bertz CT molecular complexity index is 495. The summed E-state index contributed by atoms with van der Waals surface area (Å²) in [6.07, 6.45) is 1.11. The maximum absolute atomic E-state index is 11.8. The molecule has 1 aromatic rings. The Morgan fingerprint density at radius 2 is 1.89 bits per heavy atom. The zero-order valence-corrected chi connectivity index (χ0v) is 10.9. The number of imidazole rings is 1. The third-order valence-corrected chi connectivity index (χ3v) is 2.24. The molecule has 1 atom stereocenters. The average molecular weight is 268 g/mol. The van der Waals surface area contributed by atoms with Crippen molar-refractivity contribution in [1.82, 2.24) is 20.6 Å². The Balaban J connectivity index is 2.72. The molecular weight excluding hydrogens is 252 g/mol. The maximum atomic E-state index is 11.8. The lowest BCUT2D eigenvalue weighted by molar-refractivity contribution is -0.123. The van der Waals surface area contributed by atoms with Crippen molar-refractivity contribution >= 4 is 17.8 Å². The number of aromatic carboxylic acids is 1. The van der Waals surface area contributed by atoms with E-state index in [4.69, 9.17) is 5.11 Å². The predicted molar refractivity (Wildman–Crippen MR) is 65.8 cm³/mol. The van der Waals surface area contributed by atoms with Gasteiger partial charge in [0.25, 0.3) is 5.91 Å². The van der Waals surface area contributed by atoms with Gasteiger partial charge in [0.05, 0.1) is 6.33 Å². The van der Waals surface area contributed by atoms with Gasteiger partial charge in [-0.2, -0.15) is 0 Å². The van der Waals surface area contributed by atoms with Crippen molar-refractivity contribution < 1.29 is 19.5 Å². The van der Waals surface area contributed by atoms with E-state index in [1.807, 2.05) is 0 Å². The van der Waals surface area contributed by atoms with Crippen molar-refractivity contribution in [1.29, 1.82) is 0 Å². The van der Waals surface area contributed by atoms with Crippen LogP contribution in [-0.2, 0) is 4.79 Å². The van der Waals surface area contributed by atoms with E-state index in [0.29, 0.717) is 0 Å². The summed E-state index contributed by atoms with van der Waals surface area (Å²) in [6.45, 7) is 5.09. The third kappa shape index (κ3) is 3.80. The summed E-state index contributed by atoms with van der Waals surface area (Å²) in [7, 11) is 0. The molecule has 19 heavy (non-hydrogen) atoms. The third-order valence-electron chi connectivity index (χ3n) is 2.24. The first-order chi connectivity index (χ1) is 8.82. The van der Waals surface area contributed by atoms with Gasteiger partial charge in [0, 0.05) is 6.04 Å². The molecule has 8 nitrogen and oxygen atoms in total. The van der Waals surface area contributed by atoms with Crippen LogP contribution in [0.15, 0.2) is 6.33 Å². The fraction of sp³-hybridized carbons (Fsp3) is 0.455. The van der Waals surface area contributed by atoms with Crippen LogP contribution in [-0.4, -0.2) is 44.9 Å². The molecule has 0 bridgehead atoms. The number of aromatic amines is 1. The van der Waals surface area contributed by atoms with Crippen LogP contribution in [0.5, 0.6) is 0 Å². The fourth-order valence-electron chi connectivity index (χ4n) is 1.37. The van der Waals surface area contributed by atoms with Crippen LogP contribution in [0.25, 0.3) is 0 Å². The Hall–Kier alpha value is -2.38. The van der Waals surface area contributed by atoms with Crippen LogP contribution in [0.3, 0.4) is 0 Å². The highest BCUT2D eigenvalue weighted by molar-refractivity contribution is 6.03. The number of carboxylic acid groups (broad SMARTS) is 1. The molecule has 0 aromatic carbocycles. The lowest BCUT2D eigenvalue weighted by atomic mass is 10.2. The second-order valence-electron chi connectivity index (χ2n) is 4.29. The molecule has 104 valence electrons. The zero-order valence-electron chi connectivity index (χ0n) is 10.9. The first-order valence-electron chi connectivity index (χ1n) is 5.70. The van der Waals surface area contributed by atoms with Gasteiger partial charge >= 0.3 is 5.97 Å². The van der Waals surface area contributed by atoms with E-state index in [1.54, 1.807) is 13.8 Å². The lowest BCUT2D eigenvalue weighted by Gasteiger charge is -2.15. The van der Waals surface area contributed by atoms with E-state index in [2.05, 4.69) is 20.6 Å². The smallest absolute Gasteiger partial charge is 0.354 e. The summed E-state index contributed by atoms with van der Waals surface area (Å²) in [5, 5.41) is 13.9. The molecule has 0 aliphatic heterocycles. The van der Waals surface area contributed by atoms with Crippen LogP contribution >= 0.6 is 0 Å². The van der Waals surface area contributed by atoms with Crippen LogP contribution in [0, 0.1) is 0 Å². The SMILES string of the molecule is CC(C)NC(=O)C(C)NC(=O)c1nc[nH]c1C(=O)O. The standard InChI is InChI=1S/C11H16N4O4/c1-5(2)14-9(16)6(3)15-10(17)7-8(11(18)19)13-4-12-7/h4-6H,1-3H3,(H,12,13)(H,14,16)(H,15,17)(H,18,19). The molecule has 2 amide bonds. The van der Waals surface area contributed by atoms with Crippen molar-refractivity contribution in [2.24, 2.45) is 0 Å². The normalized spacial score (nSPS) is 12.0. The first kappa shape index (κ1) is 14.7. The van der Waals surface area contributed by atoms with Crippen LogP contribution in [0.1, 0.15) is 41.7 Å². The van der Waals surface area contributed by atoms with E-state index < -0.39 is 17.9 Å². The molecule has 0 spiro atoms. The van der Waals surface area contributed by atoms with Crippen molar-refractivity contribution in [2.75, 3.05) is 0 Å². The van der Waals surface area contributed by atoms with E-state index in [1.165, 1.54) is 6.92 Å². The summed E-state index contributed by atoms with van der Waals surface area (Å²) in [6, 6.07) is -0.833. The van der Waals surface area contributed by atoms with E-state index in [0.717, 1.165) is 6.33 Å². The first-order valence-corrected chi connectivity index (χ1v) is 5.70. The average Bonchev–Trinajstić information content (AvgIpc) is 2.76. The molecule has 8 heteroatoms. The quantitative estimate of drug-likeness (QED) is 0.586. The van der Waals surface area contributed by atoms with Crippen LogP contribution in [0.4, 0.5) is 0 Å². The van der Waals surface area contributed by atoms with Gasteiger partial charge in [0.2, 0.25) is 5.91 Å². The molecule has 1 rings (SSSR count). The predicted octanol–water partition coefficient (Wildman–Crippen LogP) is -0.249. The lowest BCUT2D eigenvalue weighted by Crippen LogP contribution is -2.47. The minimum Gasteiger partial charge on any atom is -0.477 e. The number of nitrogens with zero attached hydrogens (tertiary/aromatic N) is 1. The highest BCUT2D eigenvalue weighted by Crippen LogP contribution is 2.03. The number of carbonyl (C=O) groups excluding carboxylic acids is 2. The molecule has 1 heterocycles. The summed E-state index contributed by atoms with van der Waals surface area (Å²) in [5.41, 5.74) is -0.564. The number of carboxylic acids is 1. The van der Waals surface area contributed by atoms with Crippen molar-refractivity contribution in [3.63, 3.8) is 0 Å². The molecule has 1 unspecified atom stereocenters. The Morgan fingerprint density at radius 1 is 1.26 bits per heavy atom. The molecule has 0 aliphatic carbocycles. The molecule has 0 radical (unpaired) electrons. The Labute approximate surface area is 109 Å². The second-order valence-corrected chi connectivity index (χ2v) is 4.29. The summed E-state index contributed by atoms with van der Waals surface area (Å²) in [4.78, 5) is 40.2. The molecular formula is C11H16N4O4. The van der Waals surface area contributed by atoms with Crippen LogP contribution < -0.4 is 10.6 Å². The fourth-order valence-corrected chi connectivity index (χ4v) is 1.37. The van der Waals surface area contributed by atoms with Gasteiger partial charge in [-0.05, 0) is 20.8 Å². The molecule has 0 aliphatic rings. The molecule has 0 saturated heterocycles. The largest absolute Gasteiger partial charge is 0.477 e. The minimum absolute atomic E-state index is 0.0492. The minimum atomic E-state index is -1.29. The van der Waals surface area contributed by atoms with Crippen molar-refractivity contribution in [2.45, 2.75) is 32.9 Å². The van der Waals surface area contributed by atoms with Gasteiger partial charge in [0.15, 0.2) is 11.4 Å². The molecule has 0 saturated carbocycles. The van der Waals surface area contributed by atoms with Crippen molar-refractivity contribution in [3.8, 4) is 0 Å². The van der Waals surface area contributed by atoms with Gasteiger partial charge in [-0.1, -0.05) is 0 Å². The van der Waals surface area contributed by atoms with Gasteiger partial charge in [0.1, 0.15) is 6.04 Å². The number of nitrogens with one attached hydrogen (secondary N) is 3. The number of carbonyl (C=O) groups is 3. The van der Waals surface area contributed by atoms with Gasteiger partial charge < -0.3 is 20.7 Å². The van der Waals surface area contributed by atoms with Crippen molar-refractivity contribution in [3.05, 3.63) is 17.7 Å². The summed E-state index contributed by atoms with van der Waals surface area (Å²) < 4.78 is 0. The topological polar surface area (TPSA) is 124 Å². The monoisotopic (exact) mass is 268 g/mol.